The van der Waals surface area contributed by atoms with Crippen LogP contribution < -0.4 is 5.32 Å². The number of likely N-dealkylation sites (tertiary alicyclic amines) is 1. The molecule has 15 heavy (non-hydrogen) atoms. The minimum atomic E-state index is 0.258. The van der Waals surface area contributed by atoms with Gasteiger partial charge in [-0.05, 0) is 31.3 Å². The number of ether oxygens (including phenoxy) is 1. The lowest BCUT2D eigenvalue weighted by Crippen LogP contribution is -2.52. The molecule has 2 fully saturated rings. The summed E-state index contributed by atoms with van der Waals surface area (Å²) in [6.45, 7) is 4.57. The number of amides is 1. The summed E-state index contributed by atoms with van der Waals surface area (Å²) in [5, 5.41) is 3.43. The molecule has 0 spiro atoms. The standard InChI is InChI=1S/C11H20N2O2/c1-15-3-2-11(14)13-7-9-4-10(8-13)6-12-5-9/h9-10,12H,2-8H2,1H3. The van der Waals surface area contributed by atoms with Gasteiger partial charge in [-0.1, -0.05) is 0 Å². The first kappa shape index (κ1) is 10.9. The average molecular weight is 212 g/mol. The SMILES string of the molecule is COCCC(=O)N1CC2CNCC(C2)C1. The molecule has 0 aromatic rings. The lowest BCUT2D eigenvalue weighted by Gasteiger charge is -2.41. The predicted octanol–water partition coefficient (Wildman–Crippen LogP) is 0.0908. The lowest BCUT2D eigenvalue weighted by atomic mass is 9.86. The molecule has 2 aliphatic heterocycles. The van der Waals surface area contributed by atoms with Gasteiger partial charge in [0.2, 0.25) is 5.91 Å². The fourth-order valence-corrected chi connectivity index (χ4v) is 2.66. The normalized spacial score (nSPS) is 30.3. The summed E-state index contributed by atoms with van der Waals surface area (Å²) in [6, 6.07) is 0. The summed E-state index contributed by atoms with van der Waals surface area (Å²) >= 11 is 0. The van der Waals surface area contributed by atoms with E-state index in [1.807, 2.05) is 4.90 Å². The summed E-state index contributed by atoms with van der Waals surface area (Å²) in [5.41, 5.74) is 0. The van der Waals surface area contributed by atoms with E-state index >= 15 is 0 Å². The molecule has 2 atom stereocenters. The van der Waals surface area contributed by atoms with Crippen LogP contribution in [0.25, 0.3) is 0 Å². The van der Waals surface area contributed by atoms with E-state index in [1.165, 1.54) is 6.42 Å². The highest BCUT2D eigenvalue weighted by molar-refractivity contribution is 5.76. The zero-order valence-electron chi connectivity index (χ0n) is 9.37. The van der Waals surface area contributed by atoms with Gasteiger partial charge in [0.15, 0.2) is 0 Å². The van der Waals surface area contributed by atoms with Gasteiger partial charge >= 0.3 is 0 Å². The maximum absolute atomic E-state index is 11.8. The first-order valence-corrected chi connectivity index (χ1v) is 5.77. The highest BCUT2D eigenvalue weighted by Gasteiger charge is 2.32. The monoisotopic (exact) mass is 212 g/mol. The Bertz CT molecular complexity index is 221. The quantitative estimate of drug-likeness (QED) is 0.721. The second-order valence-electron chi connectivity index (χ2n) is 4.67. The van der Waals surface area contributed by atoms with E-state index in [4.69, 9.17) is 4.74 Å². The van der Waals surface area contributed by atoms with E-state index in [1.54, 1.807) is 7.11 Å². The van der Waals surface area contributed by atoms with Crippen molar-refractivity contribution >= 4 is 5.91 Å². The van der Waals surface area contributed by atoms with E-state index in [2.05, 4.69) is 5.32 Å². The topological polar surface area (TPSA) is 41.6 Å². The number of hydrogen-bond donors (Lipinski definition) is 1. The highest BCUT2D eigenvalue weighted by Crippen LogP contribution is 2.24. The van der Waals surface area contributed by atoms with Crippen molar-refractivity contribution in [3.05, 3.63) is 0 Å². The Morgan fingerprint density at radius 1 is 1.40 bits per heavy atom. The molecule has 0 aliphatic carbocycles. The van der Waals surface area contributed by atoms with Crippen molar-refractivity contribution in [1.82, 2.24) is 10.2 Å². The van der Waals surface area contributed by atoms with Crippen LogP contribution in [0.1, 0.15) is 12.8 Å². The van der Waals surface area contributed by atoms with Crippen molar-refractivity contribution in [2.24, 2.45) is 11.8 Å². The minimum Gasteiger partial charge on any atom is -0.384 e. The Morgan fingerprint density at radius 3 is 2.67 bits per heavy atom. The van der Waals surface area contributed by atoms with Gasteiger partial charge in [-0.3, -0.25) is 4.79 Å². The Labute approximate surface area is 91.0 Å². The highest BCUT2D eigenvalue weighted by atomic mass is 16.5. The number of hydrogen-bond acceptors (Lipinski definition) is 3. The summed E-state index contributed by atoms with van der Waals surface area (Å²) in [7, 11) is 1.64. The summed E-state index contributed by atoms with van der Waals surface area (Å²) < 4.78 is 4.94. The second-order valence-corrected chi connectivity index (χ2v) is 4.67. The zero-order valence-corrected chi connectivity index (χ0v) is 9.37. The fourth-order valence-electron chi connectivity index (χ4n) is 2.66. The van der Waals surface area contributed by atoms with Gasteiger partial charge in [0.05, 0.1) is 13.0 Å². The van der Waals surface area contributed by atoms with E-state index in [9.17, 15) is 4.79 Å². The van der Waals surface area contributed by atoms with Crippen molar-refractivity contribution in [2.75, 3.05) is 39.9 Å². The van der Waals surface area contributed by atoms with Crippen LogP contribution in [0.15, 0.2) is 0 Å². The molecule has 2 bridgehead atoms. The molecule has 2 unspecified atom stereocenters. The van der Waals surface area contributed by atoms with E-state index < -0.39 is 0 Å². The van der Waals surface area contributed by atoms with Crippen LogP contribution in [-0.2, 0) is 9.53 Å². The van der Waals surface area contributed by atoms with Gasteiger partial charge in [0.25, 0.3) is 0 Å². The third-order valence-electron chi connectivity index (χ3n) is 3.36. The summed E-state index contributed by atoms with van der Waals surface area (Å²) in [6.07, 6.45) is 1.82. The molecule has 2 rings (SSSR count). The number of methoxy groups -OCH3 is 1. The van der Waals surface area contributed by atoms with E-state index in [0.717, 1.165) is 26.2 Å². The first-order valence-electron chi connectivity index (χ1n) is 5.77. The van der Waals surface area contributed by atoms with Crippen LogP contribution in [0, 0.1) is 11.8 Å². The molecular formula is C11H20N2O2. The van der Waals surface area contributed by atoms with Gasteiger partial charge in [-0.2, -0.15) is 0 Å². The average Bonchev–Trinajstić information content (AvgIpc) is 2.25. The molecule has 4 nitrogen and oxygen atoms in total. The number of nitrogens with one attached hydrogen (secondary N) is 1. The minimum absolute atomic E-state index is 0.258. The molecular weight excluding hydrogens is 192 g/mol. The van der Waals surface area contributed by atoms with E-state index in [-0.39, 0.29) is 5.91 Å². The summed E-state index contributed by atoms with van der Waals surface area (Å²) in [4.78, 5) is 13.8. The molecule has 0 radical (unpaired) electrons. The van der Waals surface area contributed by atoms with Crippen LogP contribution in [-0.4, -0.2) is 50.7 Å². The number of fused-ring (bicyclic) bond motifs is 2. The molecule has 4 heteroatoms. The number of carbonyl (C=O) groups is 1. The van der Waals surface area contributed by atoms with Gasteiger partial charge in [-0.15, -0.1) is 0 Å². The Hall–Kier alpha value is -0.610. The fraction of sp³-hybridized carbons (Fsp3) is 0.909. The number of nitrogens with zero attached hydrogens (tertiary/aromatic N) is 1. The largest absolute Gasteiger partial charge is 0.384 e. The third kappa shape index (κ3) is 2.69. The molecule has 0 aromatic carbocycles. The molecule has 2 heterocycles. The Balaban J connectivity index is 1.85. The maximum Gasteiger partial charge on any atom is 0.224 e. The molecule has 2 saturated heterocycles. The van der Waals surface area contributed by atoms with Crippen LogP contribution in [0.3, 0.4) is 0 Å². The predicted molar refractivity (Wildman–Crippen MR) is 57.5 cm³/mol. The lowest BCUT2D eigenvalue weighted by molar-refractivity contribution is -0.135. The molecule has 0 aromatic heterocycles. The van der Waals surface area contributed by atoms with Gasteiger partial charge in [0, 0.05) is 20.2 Å². The molecule has 1 N–H and O–H groups in total. The second kappa shape index (κ2) is 4.94. The van der Waals surface area contributed by atoms with Crippen molar-refractivity contribution in [3.8, 4) is 0 Å². The number of rotatable bonds is 3. The van der Waals surface area contributed by atoms with Crippen LogP contribution in [0.5, 0.6) is 0 Å². The summed E-state index contributed by atoms with van der Waals surface area (Å²) in [5.74, 6) is 1.60. The Morgan fingerprint density at radius 2 is 2.07 bits per heavy atom. The smallest absolute Gasteiger partial charge is 0.224 e. The third-order valence-corrected chi connectivity index (χ3v) is 3.36. The molecule has 2 aliphatic rings. The van der Waals surface area contributed by atoms with Crippen LogP contribution >= 0.6 is 0 Å². The van der Waals surface area contributed by atoms with Crippen molar-refractivity contribution in [1.29, 1.82) is 0 Å². The van der Waals surface area contributed by atoms with Crippen molar-refractivity contribution in [2.45, 2.75) is 12.8 Å². The van der Waals surface area contributed by atoms with E-state index in [0.29, 0.717) is 24.9 Å². The molecule has 86 valence electrons. The van der Waals surface area contributed by atoms with Gasteiger partial charge in [-0.25, -0.2) is 0 Å². The maximum atomic E-state index is 11.8. The molecule has 0 saturated carbocycles. The van der Waals surface area contributed by atoms with Crippen molar-refractivity contribution in [3.63, 3.8) is 0 Å². The molecule has 1 amide bonds. The zero-order chi connectivity index (χ0) is 10.7. The van der Waals surface area contributed by atoms with Gasteiger partial charge < -0.3 is 15.0 Å². The van der Waals surface area contributed by atoms with Gasteiger partial charge in [0.1, 0.15) is 0 Å². The number of carbonyl (C=O) groups excluding carboxylic acids is 1. The Kier molecular flexibility index (Phi) is 3.59. The number of piperidine rings is 2. The van der Waals surface area contributed by atoms with Crippen molar-refractivity contribution < 1.29 is 9.53 Å². The first-order chi connectivity index (χ1) is 7.29. The van der Waals surface area contributed by atoms with Crippen LogP contribution in [0.2, 0.25) is 0 Å². The van der Waals surface area contributed by atoms with Crippen LogP contribution in [0.4, 0.5) is 0 Å².